The first kappa shape index (κ1) is 17.7. The molecular weight excluding hydrogens is 314 g/mol. The van der Waals surface area contributed by atoms with E-state index in [1.807, 2.05) is 37.1 Å². The van der Waals surface area contributed by atoms with E-state index in [0.717, 1.165) is 49.1 Å². The molecule has 0 radical (unpaired) electrons. The molecule has 25 heavy (non-hydrogen) atoms. The van der Waals surface area contributed by atoms with Crippen LogP contribution in [0.1, 0.15) is 44.5 Å². The average molecular weight is 341 g/mol. The standard InChI is InChI=1S/C20H27N3O2/c1-4-5-14-25-15(2)20(24)23-13-9-8-12-18(23)19-21-16-10-6-7-11-17(16)22(19)3/h4,6-7,10-11,15,18H,1,5,8-9,12-14H2,2-3H3. The predicted molar refractivity (Wildman–Crippen MR) is 99.2 cm³/mol. The summed E-state index contributed by atoms with van der Waals surface area (Å²) in [6.07, 6.45) is 5.22. The number of piperidine rings is 1. The maximum atomic E-state index is 12.9. The minimum atomic E-state index is -0.435. The molecule has 1 aliphatic rings. The minimum Gasteiger partial charge on any atom is -0.368 e. The van der Waals surface area contributed by atoms with Gasteiger partial charge in [-0.25, -0.2) is 4.98 Å². The van der Waals surface area contributed by atoms with Crippen LogP contribution in [0.15, 0.2) is 36.9 Å². The Bertz CT molecular complexity index is 752. The van der Waals surface area contributed by atoms with Gasteiger partial charge in [0.25, 0.3) is 5.91 Å². The lowest BCUT2D eigenvalue weighted by atomic mass is 10.0. The summed E-state index contributed by atoms with van der Waals surface area (Å²) < 4.78 is 7.80. The smallest absolute Gasteiger partial charge is 0.252 e. The summed E-state index contributed by atoms with van der Waals surface area (Å²) in [7, 11) is 2.03. The van der Waals surface area contributed by atoms with E-state index in [1.54, 1.807) is 6.08 Å². The van der Waals surface area contributed by atoms with Crippen molar-refractivity contribution in [1.29, 1.82) is 0 Å². The van der Waals surface area contributed by atoms with Gasteiger partial charge < -0.3 is 14.2 Å². The highest BCUT2D eigenvalue weighted by molar-refractivity contribution is 5.81. The number of nitrogens with zero attached hydrogens (tertiary/aromatic N) is 3. The summed E-state index contributed by atoms with van der Waals surface area (Å²) in [5.41, 5.74) is 2.08. The lowest BCUT2D eigenvalue weighted by Crippen LogP contribution is -2.44. The summed E-state index contributed by atoms with van der Waals surface area (Å²) in [6, 6.07) is 8.13. The van der Waals surface area contributed by atoms with Crippen LogP contribution in [0.2, 0.25) is 0 Å². The summed E-state index contributed by atoms with van der Waals surface area (Å²) in [6.45, 7) is 6.82. The van der Waals surface area contributed by atoms with Crippen LogP contribution in [-0.4, -0.2) is 39.6 Å². The lowest BCUT2D eigenvalue weighted by molar-refractivity contribution is -0.146. The largest absolute Gasteiger partial charge is 0.368 e. The van der Waals surface area contributed by atoms with E-state index in [0.29, 0.717) is 6.61 Å². The Morgan fingerprint density at radius 1 is 1.44 bits per heavy atom. The Balaban J connectivity index is 1.83. The Hall–Kier alpha value is -2.14. The van der Waals surface area contributed by atoms with Crippen molar-refractivity contribution in [2.75, 3.05) is 13.2 Å². The normalized spacial score (nSPS) is 19.1. The predicted octanol–water partition coefficient (Wildman–Crippen LogP) is 3.61. The molecule has 0 bridgehead atoms. The van der Waals surface area contributed by atoms with Crippen LogP contribution in [0.3, 0.4) is 0 Å². The number of amides is 1. The van der Waals surface area contributed by atoms with E-state index in [1.165, 1.54) is 0 Å². The number of carbonyl (C=O) groups excluding carboxylic acids is 1. The number of aromatic nitrogens is 2. The third kappa shape index (κ3) is 3.61. The quantitative estimate of drug-likeness (QED) is 0.596. The number of ether oxygens (including phenoxy) is 1. The third-order valence-corrected chi connectivity index (χ3v) is 4.94. The van der Waals surface area contributed by atoms with Gasteiger partial charge in [0.15, 0.2) is 0 Å². The molecule has 0 aliphatic carbocycles. The molecule has 2 aromatic rings. The van der Waals surface area contributed by atoms with Crippen molar-refractivity contribution in [3.8, 4) is 0 Å². The molecule has 0 saturated carbocycles. The van der Waals surface area contributed by atoms with E-state index >= 15 is 0 Å². The van der Waals surface area contributed by atoms with Gasteiger partial charge in [-0.2, -0.15) is 0 Å². The molecule has 5 nitrogen and oxygen atoms in total. The summed E-state index contributed by atoms with van der Waals surface area (Å²) >= 11 is 0. The van der Waals surface area contributed by atoms with E-state index < -0.39 is 6.10 Å². The molecule has 0 spiro atoms. The topological polar surface area (TPSA) is 47.4 Å². The number of hydrogen-bond donors (Lipinski definition) is 0. The van der Waals surface area contributed by atoms with E-state index in [9.17, 15) is 4.79 Å². The molecule has 1 aromatic carbocycles. The monoisotopic (exact) mass is 341 g/mol. The second-order valence-corrected chi connectivity index (χ2v) is 6.65. The molecule has 2 atom stereocenters. The van der Waals surface area contributed by atoms with Gasteiger partial charge in [-0.3, -0.25) is 4.79 Å². The van der Waals surface area contributed by atoms with Crippen molar-refractivity contribution in [3.63, 3.8) is 0 Å². The zero-order chi connectivity index (χ0) is 17.8. The maximum absolute atomic E-state index is 12.9. The van der Waals surface area contributed by atoms with Crippen molar-refractivity contribution in [2.45, 2.75) is 44.8 Å². The first-order chi connectivity index (χ1) is 12.1. The number of para-hydroxylation sites is 2. The van der Waals surface area contributed by atoms with Crippen LogP contribution in [0.4, 0.5) is 0 Å². The fourth-order valence-corrected chi connectivity index (χ4v) is 3.56. The molecule has 2 heterocycles. The maximum Gasteiger partial charge on any atom is 0.252 e. The summed E-state index contributed by atoms with van der Waals surface area (Å²) in [5.74, 6) is 1.02. The molecule has 3 rings (SSSR count). The molecule has 1 saturated heterocycles. The number of likely N-dealkylation sites (tertiary alicyclic amines) is 1. The summed E-state index contributed by atoms with van der Waals surface area (Å²) in [5, 5.41) is 0. The second-order valence-electron chi connectivity index (χ2n) is 6.65. The lowest BCUT2D eigenvalue weighted by Gasteiger charge is -2.36. The Morgan fingerprint density at radius 3 is 3.00 bits per heavy atom. The van der Waals surface area contributed by atoms with Crippen LogP contribution in [0.5, 0.6) is 0 Å². The number of fused-ring (bicyclic) bond motifs is 1. The number of benzene rings is 1. The fraction of sp³-hybridized carbons (Fsp3) is 0.500. The van der Waals surface area contributed by atoms with Crippen LogP contribution in [0.25, 0.3) is 11.0 Å². The molecule has 5 heteroatoms. The Kier molecular flexibility index (Phi) is 5.53. The molecule has 134 valence electrons. The molecular formula is C20H27N3O2. The van der Waals surface area contributed by atoms with Crippen molar-refractivity contribution in [2.24, 2.45) is 7.05 Å². The molecule has 2 unspecified atom stereocenters. The Labute approximate surface area is 149 Å². The van der Waals surface area contributed by atoms with E-state index in [2.05, 4.69) is 17.2 Å². The number of aryl methyl sites for hydroxylation is 1. The van der Waals surface area contributed by atoms with Crippen molar-refractivity contribution >= 4 is 16.9 Å². The minimum absolute atomic E-state index is 0.0177. The number of hydrogen-bond acceptors (Lipinski definition) is 3. The van der Waals surface area contributed by atoms with Crippen molar-refractivity contribution in [1.82, 2.24) is 14.5 Å². The van der Waals surface area contributed by atoms with Crippen LogP contribution in [-0.2, 0) is 16.6 Å². The van der Waals surface area contributed by atoms with Crippen molar-refractivity contribution < 1.29 is 9.53 Å². The van der Waals surface area contributed by atoms with Gasteiger partial charge in [0.2, 0.25) is 0 Å². The van der Waals surface area contributed by atoms with Gasteiger partial charge in [0, 0.05) is 13.6 Å². The van der Waals surface area contributed by atoms with E-state index in [-0.39, 0.29) is 11.9 Å². The van der Waals surface area contributed by atoms with Gasteiger partial charge in [-0.1, -0.05) is 18.2 Å². The first-order valence-corrected chi connectivity index (χ1v) is 9.07. The van der Waals surface area contributed by atoms with E-state index in [4.69, 9.17) is 9.72 Å². The molecule has 1 aromatic heterocycles. The van der Waals surface area contributed by atoms with Crippen LogP contribution < -0.4 is 0 Å². The Morgan fingerprint density at radius 2 is 2.24 bits per heavy atom. The molecule has 0 N–H and O–H groups in total. The van der Waals surface area contributed by atoms with Gasteiger partial charge in [-0.05, 0) is 44.7 Å². The first-order valence-electron chi connectivity index (χ1n) is 9.07. The molecule has 1 fully saturated rings. The summed E-state index contributed by atoms with van der Waals surface area (Å²) in [4.78, 5) is 19.7. The number of carbonyl (C=O) groups is 1. The van der Waals surface area contributed by atoms with Gasteiger partial charge >= 0.3 is 0 Å². The van der Waals surface area contributed by atoms with Crippen LogP contribution >= 0.6 is 0 Å². The SMILES string of the molecule is C=CCCOC(C)C(=O)N1CCCCC1c1nc2ccccc2n1C. The number of imidazole rings is 1. The van der Waals surface area contributed by atoms with Gasteiger partial charge in [-0.15, -0.1) is 6.58 Å². The van der Waals surface area contributed by atoms with Crippen molar-refractivity contribution in [3.05, 3.63) is 42.7 Å². The van der Waals surface area contributed by atoms with Gasteiger partial charge in [0.05, 0.1) is 23.7 Å². The second kappa shape index (κ2) is 7.83. The van der Waals surface area contributed by atoms with Crippen LogP contribution in [0, 0.1) is 0 Å². The molecule has 1 aliphatic heterocycles. The van der Waals surface area contributed by atoms with Gasteiger partial charge in [0.1, 0.15) is 11.9 Å². The highest BCUT2D eigenvalue weighted by atomic mass is 16.5. The molecule has 1 amide bonds. The zero-order valence-electron chi connectivity index (χ0n) is 15.1. The number of rotatable bonds is 6. The highest BCUT2D eigenvalue weighted by Gasteiger charge is 2.33. The zero-order valence-corrected chi connectivity index (χ0v) is 15.1. The average Bonchev–Trinajstić information content (AvgIpc) is 2.98. The third-order valence-electron chi connectivity index (χ3n) is 4.94. The fourth-order valence-electron chi connectivity index (χ4n) is 3.56. The highest BCUT2D eigenvalue weighted by Crippen LogP contribution is 2.32.